The van der Waals surface area contributed by atoms with E-state index in [1.54, 1.807) is 12.1 Å². The van der Waals surface area contributed by atoms with Crippen molar-refractivity contribution in [2.45, 2.75) is 25.9 Å². The summed E-state index contributed by atoms with van der Waals surface area (Å²) in [5, 5.41) is 3.43. The molecule has 1 aliphatic rings. The van der Waals surface area contributed by atoms with Crippen molar-refractivity contribution in [3.8, 4) is 0 Å². The van der Waals surface area contributed by atoms with E-state index in [0.717, 1.165) is 31.6 Å². The highest BCUT2D eigenvalue weighted by Gasteiger charge is 2.10. The molecule has 0 spiro atoms. The van der Waals surface area contributed by atoms with E-state index in [0.29, 0.717) is 0 Å². The van der Waals surface area contributed by atoms with Gasteiger partial charge in [-0.15, -0.1) is 0 Å². The predicted molar refractivity (Wildman–Crippen MR) is 84.8 cm³/mol. The molecule has 21 heavy (non-hydrogen) atoms. The zero-order chi connectivity index (χ0) is 14.7. The van der Waals surface area contributed by atoms with Crippen molar-refractivity contribution in [3.05, 3.63) is 65.0 Å². The SMILES string of the molecule is CN(Cc1cccc(F)c1)Cc1ccc2c(c1)CCCN2. The van der Waals surface area contributed by atoms with Crippen LogP contribution < -0.4 is 5.32 Å². The normalized spacial score (nSPS) is 13.9. The molecule has 3 rings (SSSR count). The van der Waals surface area contributed by atoms with Gasteiger partial charge in [0.2, 0.25) is 0 Å². The molecule has 2 nitrogen and oxygen atoms in total. The van der Waals surface area contributed by atoms with Gasteiger partial charge in [0, 0.05) is 25.3 Å². The molecular formula is C18H21FN2. The Kier molecular flexibility index (Phi) is 4.20. The van der Waals surface area contributed by atoms with Crippen LogP contribution in [0.15, 0.2) is 42.5 Å². The van der Waals surface area contributed by atoms with Crippen LogP contribution in [0.3, 0.4) is 0 Å². The summed E-state index contributed by atoms with van der Waals surface area (Å²) in [5.74, 6) is -0.166. The van der Waals surface area contributed by atoms with Crippen LogP contribution in [0.4, 0.5) is 10.1 Å². The van der Waals surface area contributed by atoms with Gasteiger partial charge in [-0.2, -0.15) is 0 Å². The predicted octanol–water partition coefficient (Wildman–Crippen LogP) is 3.82. The van der Waals surface area contributed by atoms with Gasteiger partial charge in [-0.05, 0) is 54.8 Å². The molecule has 0 bridgehead atoms. The molecule has 0 radical (unpaired) electrons. The van der Waals surface area contributed by atoms with Gasteiger partial charge in [0.25, 0.3) is 0 Å². The summed E-state index contributed by atoms with van der Waals surface area (Å²) in [6, 6.07) is 13.5. The number of rotatable bonds is 4. The lowest BCUT2D eigenvalue weighted by atomic mass is 10.0. The lowest BCUT2D eigenvalue weighted by Crippen LogP contribution is -2.18. The number of aryl methyl sites for hydroxylation is 1. The van der Waals surface area contributed by atoms with Gasteiger partial charge in [-0.1, -0.05) is 24.3 Å². The molecule has 0 saturated carbocycles. The Morgan fingerprint density at radius 1 is 1.10 bits per heavy atom. The van der Waals surface area contributed by atoms with Gasteiger partial charge in [-0.3, -0.25) is 4.90 Å². The first kappa shape index (κ1) is 14.1. The largest absolute Gasteiger partial charge is 0.385 e. The lowest BCUT2D eigenvalue weighted by Gasteiger charge is -2.21. The van der Waals surface area contributed by atoms with Crippen LogP contribution in [0.2, 0.25) is 0 Å². The van der Waals surface area contributed by atoms with Crippen molar-refractivity contribution in [2.75, 3.05) is 18.9 Å². The van der Waals surface area contributed by atoms with E-state index in [1.165, 1.54) is 29.3 Å². The van der Waals surface area contributed by atoms with E-state index in [1.807, 2.05) is 6.07 Å². The second-order valence-corrected chi connectivity index (χ2v) is 5.82. The van der Waals surface area contributed by atoms with Crippen LogP contribution in [-0.2, 0) is 19.5 Å². The van der Waals surface area contributed by atoms with E-state index in [4.69, 9.17) is 0 Å². The molecule has 0 saturated heterocycles. The van der Waals surface area contributed by atoms with Crippen molar-refractivity contribution in [1.82, 2.24) is 4.90 Å². The minimum atomic E-state index is -0.166. The molecule has 1 aliphatic heterocycles. The fraction of sp³-hybridized carbons (Fsp3) is 0.333. The van der Waals surface area contributed by atoms with Gasteiger partial charge in [-0.25, -0.2) is 4.39 Å². The molecule has 1 N–H and O–H groups in total. The van der Waals surface area contributed by atoms with E-state index in [2.05, 4.69) is 35.5 Å². The first-order valence-corrected chi connectivity index (χ1v) is 7.49. The summed E-state index contributed by atoms with van der Waals surface area (Å²) in [6.45, 7) is 2.71. The Morgan fingerprint density at radius 2 is 1.90 bits per heavy atom. The monoisotopic (exact) mass is 284 g/mol. The van der Waals surface area contributed by atoms with Gasteiger partial charge < -0.3 is 5.32 Å². The molecule has 0 unspecified atom stereocenters. The van der Waals surface area contributed by atoms with Crippen LogP contribution >= 0.6 is 0 Å². The Morgan fingerprint density at radius 3 is 2.71 bits per heavy atom. The highest BCUT2D eigenvalue weighted by Crippen LogP contribution is 2.23. The number of fused-ring (bicyclic) bond motifs is 1. The maximum absolute atomic E-state index is 13.2. The van der Waals surface area contributed by atoms with Crippen molar-refractivity contribution in [2.24, 2.45) is 0 Å². The molecular weight excluding hydrogens is 263 g/mol. The highest BCUT2D eigenvalue weighted by molar-refractivity contribution is 5.54. The Labute approximate surface area is 125 Å². The fourth-order valence-electron chi connectivity index (χ4n) is 2.94. The topological polar surface area (TPSA) is 15.3 Å². The number of hydrogen-bond acceptors (Lipinski definition) is 2. The van der Waals surface area contributed by atoms with E-state index >= 15 is 0 Å². The molecule has 0 aliphatic carbocycles. The van der Waals surface area contributed by atoms with E-state index in [-0.39, 0.29) is 5.82 Å². The summed E-state index contributed by atoms with van der Waals surface area (Å²) in [5.41, 5.74) is 5.02. The van der Waals surface area contributed by atoms with Crippen LogP contribution in [-0.4, -0.2) is 18.5 Å². The van der Waals surface area contributed by atoms with Gasteiger partial charge in [0.15, 0.2) is 0 Å². The lowest BCUT2D eigenvalue weighted by molar-refractivity contribution is 0.318. The maximum Gasteiger partial charge on any atom is 0.123 e. The van der Waals surface area contributed by atoms with Crippen LogP contribution in [0.5, 0.6) is 0 Å². The quantitative estimate of drug-likeness (QED) is 0.918. The smallest absolute Gasteiger partial charge is 0.123 e. The van der Waals surface area contributed by atoms with Gasteiger partial charge >= 0.3 is 0 Å². The number of nitrogens with zero attached hydrogens (tertiary/aromatic N) is 1. The van der Waals surface area contributed by atoms with E-state index < -0.39 is 0 Å². The standard InChI is InChI=1S/C18H21FN2/c1-21(12-14-4-2-6-17(19)11-14)13-15-7-8-18-16(10-15)5-3-9-20-18/h2,4,6-8,10-11,20H,3,5,9,12-13H2,1H3. The molecule has 110 valence electrons. The van der Waals surface area contributed by atoms with E-state index in [9.17, 15) is 4.39 Å². The summed E-state index contributed by atoms with van der Waals surface area (Å²) in [6.07, 6.45) is 2.36. The highest BCUT2D eigenvalue weighted by atomic mass is 19.1. The third-order valence-corrected chi connectivity index (χ3v) is 3.90. The third kappa shape index (κ3) is 3.61. The van der Waals surface area contributed by atoms with Crippen molar-refractivity contribution >= 4 is 5.69 Å². The summed E-state index contributed by atoms with van der Waals surface area (Å²) >= 11 is 0. The molecule has 0 atom stereocenters. The Balaban J connectivity index is 1.65. The molecule has 1 heterocycles. The molecule has 2 aromatic rings. The summed E-state index contributed by atoms with van der Waals surface area (Å²) < 4.78 is 13.2. The number of anilines is 1. The first-order chi connectivity index (χ1) is 10.2. The van der Waals surface area contributed by atoms with Crippen molar-refractivity contribution in [1.29, 1.82) is 0 Å². The summed E-state index contributed by atoms with van der Waals surface area (Å²) in [4.78, 5) is 2.22. The third-order valence-electron chi connectivity index (χ3n) is 3.90. The summed E-state index contributed by atoms with van der Waals surface area (Å²) in [7, 11) is 2.07. The molecule has 0 aromatic heterocycles. The minimum Gasteiger partial charge on any atom is -0.385 e. The van der Waals surface area contributed by atoms with Crippen molar-refractivity contribution < 1.29 is 4.39 Å². The zero-order valence-electron chi connectivity index (χ0n) is 12.4. The van der Waals surface area contributed by atoms with Crippen LogP contribution in [0.1, 0.15) is 23.1 Å². The fourth-order valence-corrected chi connectivity index (χ4v) is 2.94. The number of hydrogen-bond donors (Lipinski definition) is 1. The maximum atomic E-state index is 13.2. The van der Waals surface area contributed by atoms with Gasteiger partial charge in [0.1, 0.15) is 5.82 Å². The average molecular weight is 284 g/mol. The number of benzene rings is 2. The average Bonchev–Trinajstić information content (AvgIpc) is 2.47. The molecule has 2 aromatic carbocycles. The van der Waals surface area contributed by atoms with Crippen molar-refractivity contribution in [3.63, 3.8) is 0 Å². The minimum absolute atomic E-state index is 0.166. The zero-order valence-corrected chi connectivity index (χ0v) is 12.4. The van der Waals surface area contributed by atoms with Crippen LogP contribution in [0, 0.1) is 5.82 Å². The number of halogens is 1. The first-order valence-electron chi connectivity index (χ1n) is 7.49. The second kappa shape index (κ2) is 6.27. The van der Waals surface area contributed by atoms with Crippen LogP contribution in [0.25, 0.3) is 0 Å². The van der Waals surface area contributed by atoms with Gasteiger partial charge in [0.05, 0.1) is 0 Å². The second-order valence-electron chi connectivity index (χ2n) is 5.82. The Bertz CT molecular complexity index is 624. The molecule has 3 heteroatoms. The molecule has 0 fully saturated rings. The molecule has 0 amide bonds. The Hall–Kier alpha value is -1.87. The number of nitrogens with one attached hydrogen (secondary N) is 1.